The van der Waals surface area contributed by atoms with E-state index < -0.39 is 24.3 Å². The zero-order chi connectivity index (χ0) is 38.1. The molecule has 1 aliphatic carbocycles. The molecule has 2 aromatic carbocycles. The van der Waals surface area contributed by atoms with Crippen molar-refractivity contribution >= 4 is 34.6 Å². The Morgan fingerprint density at radius 2 is 1.65 bits per heavy atom. The molecule has 284 valence electrons. The minimum absolute atomic E-state index is 0.139. The molecule has 8 N–H and O–H groups in total. The standard InChI is InChI=1S/C37H40N12O6/c50-19-25-16-41-49(46-25)30-14-29(32(53)33(30)54)48-20-40-31-34(39-17-28(21-3-7-26(51)8-4-21)22-5-9-27(52)10-6-22)44-36(45-35(31)48)47-13-11-24(18-47)43-37(55)42-23-2-1-12-38-15-23/h1-10,12,15-16,20,24,28-30,32-33,50-54H,11,13-14,17-19H2,(H,39,44,45)(H2,42,43,55)/t24-,29-,30+,32+,33-/m1/s1. The highest BCUT2D eigenvalue weighted by atomic mass is 16.3. The molecule has 2 amide bonds. The van der Waals surface area contributed by atoms with Crippen LogP contribution >= 0.6 is 0 Å². The van der Waals surface area contributed by atoms with Crippen molar-refractivity contribution in [2.24, 2.45) is 0 Å². The average molecular weight is 749 g/mol. The number of pyridine rings is 1. The van der Waals surface area contributed by atoms with E-state index >= 15 is 0 Å². The summed E-state index contributed by atoms with van der Waals surface area (Å²) in [4.78, 5) is 34.8. The second-order valence-electron chi connectivity index (χ2n) is 13.8. The number of carbonyl (C=O) groups is 1. The van der Waals surface area contributed by atoms with E-state index in [1.807, 2.05) is 29.2 Å². The summed E-state index contributed by atoms with van der Waals surface area (Å²) in [7, 11) is 0. The van der Waals surface area contributed by atoms with Gasteiger partial charge in [-0.2, -0.15) is 25.0 Å². The number of urea groups is 1. The van der Waals surface area contributed by atoms with Crippen LogP contribution in [0.2, 0.25) is 0 Å². The number of rotatable bonds is 11. The van der Waals surface area contributed by atoms with Gasteiger partial charge in [-0.05, 0) is 60.4 Å². The number of phenols is 2. The molecule has 5 heterocycles. The Labute approximate surface area is 314 Å². The smallest absolute Gasteiger partial charge is 0.319 e. The molecule has 2 aliphatic rings. The molecule has 18 nitrogen and oxygen atoms in total. The third-order valence-electron chi connectivity index (χ3n) is 10.2. The summed E-state index contributed by atoms with van der Waals surface area (Å²) < 4.78 is 1.74. The van der Waals surface area contributed by atoms with Crippen molar-refractivity contribution in [3.63, 3.8) is 0 Å². The van der Waals surface area contributed by atoms with Crippen LogP contribution in [0.25, 0.3) is 11.2 Å². The van der Waals surface area contributed by atoms with Crippen LogP contribution in [0, 0.1) is 0 Å². The topological polar surface area (TPSA) is 245 Å². The van der Waals surface area contributed by atoms with E-state index in [1.54, 1.807) is 59.7 Å². The number of aromatic hydroxyl groups is 2. The molecular weight excluding hydrogens is 708 g/mol. The van der Waals surface area contributed by atoms with E-state index in [9.17, 15) is 30.3 Å². The minimum atomic E-state index is -1.21. The van der Waals surface area contributed by atoms with E-state index in [0.29, 0.717) is 60.4 Å². The van der Waals surface area contributed by atoms with Crippen molar-refractivity contribution < 1.29 is 30.3 Å². The zero-order valence-electron chi connectivity index (χ0n) is 29.5. The fourth-order valence-corrected chi connectivity index (χ4v) is 7.33. The van der Waals surface area contributed by atoms with Crippen LogP contribution in [0.15, 0.2) is 85.6 Å². The number of fused-ring (bicyclic) bond motifs is 1. The van der Waals surface area contributed by atoms with Crippen LogP contribution in [0.5, 0.6) is 11.5 Å². The summed E-state index contributed by atoms with van der Waals surface area (Å²) >= 11 is 0. The van der Waals surface area contributed by atoms with Gasteiger partial charge in [0, 0.05) is 37.8 Å². The summed E-state index contributed by atoms with van der Waals surface area (Å²) in [5, 5.41) is 69.8. The van der Waals surface area contributed by atoms with E-state index in [0.717, 1.165) is 11.1 Å². The first kappa shape index (κ1) is 35.6. The van der Waals surface area contributed by atoms with Crippen molar-refractivity contribution in [3.05, 3.63) is 102 Å². The molecule has 1 saturated heterocycles. The summed E-state index contributed by atoms with van der Waals surface area (Å²) in [5.41, 5.74) is 3.60. The number of aliphatic hydroxyl groups is 3. The first-order valence-electron chi connectivity index (χ1n) is 17.9. The van der Waals surface area contributed by atoms with Gasteiger partial charge >= 0.3 is 6.03 Å². The van der Waals surface area contributed by atoms with Crippen LogP contribution in [0.4, 0.5) is 22.2 Å². The van der Waals surface area contributed by atoms with Gasteiger partial charge in [-0.1, -0.05) is 24.3 Å². The molecule has 2 fully saturated rings. The van der Waals surface area contributed by atoms with Gasteiger partial charge in [0.05, 0.1) is 37.1 Å². The molecule has 1 aliphatic heterocycles. The van der Waals surface area contributed by atoms with Gasteiger partial charge < -0.3 is 51.0 Å². The third-order valence-corrected chi connectivity index (χ3v) is 10.2. The highest BCUT2D eigenvalue weighted by Crippen LogP contribution is 2.40. The van der Waals surface area contributed by atoms with Crippen LogP contribution in [-0.4, -0.2) is 109 Å². The van der Waals surface area contributed by atoms with E-state index in [4.69, 9.17) is 15.0 Å². The Bertz CT molecular complexity index is 2210. The molecule has 6 aromatic rings. The van der Waals surface area contributed by atoms with Gasteiger partial charge in [-0.25, -0.2) is 9.78 Å². The van der Waals surface area contributed by atoms with Gasteiger partial charge in [-0.15, -0.1) is 0 Å². The molecule has 55 heavy (non-hydrogen) atoms. The summed E-state index contributed by atoms with van der Waals surface area (Å²) in [6.45, 7) is 1.01. The van der Waals surface area contributed by atoms with Gasteiger partial charge in [0.15, 0.2) is 17.0 Å². The number of amides is 2. The number of phenolic OH excluding ortho intramolecular Hbond substituents is 2. The zero-order valence-corrected chi connectivity index (χ0v) is 29.5. The number of nitrogens with one attached hydrogen (secondary N) is 3. The lowest BCUT2D eigenvalue weighted by atomic mass is 9.91. The first-order valence-corrected chi connectivity index (χ1v) is 17.9. The van der Waals surface area contributed by atoms with Crippen molar-refractivity contribution in [1.82, 2.24) is 44.8 Å². The first-order chi connectivity index (χ1) is 26.7. The Morgan fingerprint density at radius 1 is 0.927 bits per heavy atom. The van der Waals surface area contributed by atoms with Crippen LogP contribution < -0.4 is 20.9 Å². The second-order valence-corrected chi connectivity index (χ2v) is 13.8. The Hall–Kier alpha value is -6.37. The lowest BCUT2D eigenvalue weighted by Crippen LogP contribution is -2.40. The Morgan fingerprint density at radius 3 is 2.33 bits per heavy atom. The molecule has 0 radical (unpaired) electrons. The van der Waals surface area contributed by atoms with Crippen molar-refractivity contribution in [1.29, 1.82) is 0 Å². The van der Waals surface area contributed by atoms with Crippen LogP contribution in [0.1, 0.15) is 47.7 Å². The fraction of sp³-hybridized carbons (Fsp3) is 0.324. The lowest BCUT2D eigenvalue weighted by molar-refractivity contribution is 0.00491. The maximum Gasteiger partial charge on any atom is 0.319 e. The predicted octanol–water partition coefficient (Wildman–Crippen LogP) is 2.27. The number of benzene rings is 2. The number of carbonyl (C=O) groups excluding carboxylic acids is 1. The number of hydrogen-bond donors (Lipinski definition) is 8. The second kappa shape index (κ2) is 15.2. The number of imidazole rings is 1. The molecule has 0 spiro atoms. The highest BCUT2D eigenvalue weighted by molar-refractivity contribution is 5.89. The minimum Gasteiger partial charge on any atom is -0.508 e. The number of anilines is 3. The largest absolute Gasteiger partial charge is 0.508 e. The number of nitrogens with zero attached hydrogens (tertiary/aromatic N) is 9. The average Bonchev–Trinajstić information content (AvgIpc) is 4.01. The molecule has 4 aromatic heterocycles. The SMILES string of the molecule is O=C(Nc1cccnc1)N[C@@H]1CCN(c2nc(NCC(c3ccc(O)cc3)c3ccc(O)cc3)c3ncn([C@@H]4C[C@H](n5ncc(CO)n5)[C@@H](O)[C@H]4O)c3n2)C1. The molecule has 1 saturated carbocycles. The van der Waals surface area contributed by atoms with E-state index in [1.165, 1.54) is 11.0 Å². The molecule has 5 atom stereocenters. The third kappa shape index (κ3) is 7.42. The van der Waals surface area contributed by atoms with Crippen LogP contribution in [0.3, 0.4) is 0 Å². The lowest BCUT2D eigenvalue weighted by Gasteiger charge is -2.22. The van der Waals surface area contributed by atoms with Crippen LogP contribution in [-0.2, 0) is 6.61 Å². The monoisotopic (exact) mass is 748 g/mol. The van der Waals surface area contributed by atoms with Crippen molar-refractivity contribution in [2.45, 2.75) is 55.7 Å². The predicted molar refractivity (Wildman–Crippen MR) is 200 cm³/mol. The van der Waals surface area contributed by atoms with E-state index in [2.05, 4.69) is 31.1 Å². The van der Waals surface area contributed by atoms with Crippen molar-refractivity contribution in [3.8, 4) is 11.5 Å². The molecule has 0 unspecified atom stereocenters. The van der Waals surface area contributed by atoms with Gasteiger partial charge in [-0.3, -0.25) is 4.98 Å². The Balaban J connectivity index is 1.11. The summed E-state index contributed by atoms with van der Waals surface area (Å²) in [6, 6.07) is 15.5. The number of aromatic nitrogens is 8. The summed E-state index contributed by atoms with van der Waals surface area (Å²) in [5.74, 6) is 0.859. The highest BCUT2D eigenvalue weighted by Gasteiger charge is 2.45. The molecule has 0 bridgehead atoms. The number of aliphatic hydroxyl groups excluding tert-OH is 3. The molecular formula is C37H40N12O6. The molecule has 8 rings (SSSR count). The Kier molecular flexibility index (Phi) is 9.83. The number of hydrogen-bond acceptors (Lipinski definition) is 14. The molecule has 18 heteroatoms. The van der Waals surface area contributed by atoms with Crippen molar-refractivity contribution in [2.75, 3.05) is 35.2 Å². The quantitative estimate of drug-likeness (QED) is 0.0948. The van der Waals surface area contributed by atoms with Gasteiger partial charge in [0.2, 0.25) is 5.95 Å². The van der Waals surface area contributed by atoms with Gasteiger partial charge in [0.1, 0.15) is 35.4 Å². The van der Waals surface area contributed by atoms with Gasteiger partial charge in [0.25, 0.3) is 0 Å². The maximum absolute atomic E-state index is 12.8. The van der Waals surface area contributed by atoms with E-state index in [-0.39, 0.29) is 42.5 Å². The summed E-state index contributed by atoms with van der Waals surface area (Å²) in [6.07, 6.45) is 4.64. The maximum atomic E-state index is 12.8. The fourth-order valence-electron chi connectivity index (χ4n) is 7.33. The normalized spacial score (nSPS) is 21.0.